The van der Waals surface area contributed by atoms with E-state index in [1.54, 1.807) is 0 Å². The predicted octanol–water partition coefficient (Wildman–Crippen LogP) is 3.07. The van der Waals surface area contributed by atoms with Gasteiger partial charge in [-0.2, -0.15) is 0 Å². The van der Waals surface area contributed by atoms with Gasteiger partial charge in [-0.05, 0) is 31.0 Å². The van der Waals surface area contributed by atoms with Crippen molar-refractivity contribution in [2.24, 2.45) is 11.8 Å². The molecule has 25 heavy (non-hydrogen) atoms. The standard InChI is InChI=1S/C20H26N4O/c1-23(2)17-8-6-14(7-9-17)18-10-11-21-20(22-18)24-12-15-4-5-16(13-24)19(15)25-3/h6-11,15-16,19H,4-5,12-13H2,1-3H3/t15-,16+,19?. The average Bonchev–Trinajstić information content (AvgIpc) is 2.89. The lowest BCUT2D eigenvalue weighted by Gasteiger charge is -2.37. The van der Waals surface area contributed by atoms with Crippen LogP contribution in [0.2, 0.25) is 0 Å². The molecule has 0 amide bonds. The van der Waals surface area contributed by atoms with Crippen LogP contribution in [0.5, 0.6) is 0 Å². The molecule has 3 atom stereocenters. The number of rotatable bonds is 4. The van der Waals surface area contributed by atoms with E-state index in [0.717, 1.165) is 30.3 Å². The Hall–Kier alpha value is -2.14. The van der Waals surface area contributed by atoms with Gasteiger partial charge >= 0.3 is 0 Å². The maximum Gasteiger partial charge on any atom is 0.225 e. The number of hydrogen-bond acceptors (Lipinski definition) is 5. The van der Waals surface area contributed by atoms with Crippen LogP contribution in [0.25, 0.3) is 11.3 Å². The summed E-state index contributed by atoms with van der Waals surface area (Å²) in [5.74, 6) is 2.06. The molecule has 0 N–H and O–H groups in total. The molecule has 1 aromatic carbocycles. The number of aromatic nitrogens is 2. The van der Waals surface area contributed by atoms with E-state index < -0.39 is 0 Å². The van der Waals surface area contributed by atoms with Gasteiger partial charge in [-0.3, -0.25) is 0 Å². The summed E-state index contributed by atoms with van der Waals surface area (Å²) < 4.78 is 5.71. The van der Waals surface area contributed by atoms with Crippen molar-refractivity contribution in [3.05, 3.63) is 36.5 Å². The maximum absolute atomic E-state index is 5.71. The van der Waals surface area contributed by atoms with Crippen LogP contribution < -0.4 is 9.80 Å². The molecule has 0 spiro atoms. The zero-order chi connectivity index (χ0) is 17.4. The van der Waals surface area contributed by atoms with E-state index in [4.69, 9.17) is 9.72 Å². The number of methoxy groups -OCH3 is 1. The van der Waals surface area contributed by atoms with E-state index in [1.807, 2.05) is 19.4 Å². The number of hydrogen-bond donors (Lipinski definition) is 0. The van der Waals surface area contributed by atoms with Gasteiger partial charge in [0.25, 0.3) is 0 Å². The largest absolute Gasteiger partial charge is 0.381 e. The number of benzene rings is 1. The van der Waals surface area contributed by atoms with Crippen molar-refractivity contribution in [2.45, 2.75) is 18.9 Å². The Morgan fingerprint density at radius 1 is 1.04 bits per heavy atom. The third kappa shape index (κ3) is 3.09. The van der Waals surface area contributed by atoms with E-state index >= 15 is 0 Å². The lowest BCUT2D eigenvalue weighted by Crippen LogP contribution is -2.46. The Balaban J connectivity index is 1.56. The van der Waals surface area contributed by atoms with Crippen LogP contribution in [-0.4, -0.2) is 50.4 Å². The molecule has 2 bridgehead atoms. The number of anilines is 2. The van der Waals surface area contributed by atoms with E-state index in [9.17, 15) is 0 Å². The van der Waals surface area contributed by atoms with Crippen molar-refractivity contribution in [3.63, 3.8) is 0 Å². The van der Waals surface area contributed by atoms with E-state index in [2.05, 4.69) is 53.1 Å². The smallest absolute Gasteiger partial charge is 0.225 e. The molecule has 5 nitrogen and oxygen atoms in total. The van der Waals surface area contributed by atoms with Crippen molar-refractivity contribution in [2.75, 3.05) is 44.1 Å². The molecule has 1 saturated carbocycles. The Kier molecular flexibility index (Phi) is 4.34. The molecule has 2 aromatic rings. The minimum atomic E-state index is 0.415. The number of piperidine rings is 1. The summed E-state index contributed by atoms with van der Waals surface area (Å²) in [6.45, 7) is 2.00. The first kappa shape index (κ1) is 16.3. The summed E-state index contributed by atoms with van der Waals surface area (Å²) in [5, 5.41) is 0. The van der Waals surface area contributed by atoms with Crippen LogP contribution in [0.1, 0.15) is 12.8 Å². The quantitative estimate of drug-likeness (QED) is 0.857. The maximum atomic E-state index is 5.71. The first-order valence-corrected chi connectivity index (χ1v) is 9.04. The summed E-state index contributed by atoms with van der Waals surface area (Å²) in [6, 6.07) is 10.5. The third-order valence-electron chi connectivity index (χ3n) is 5.62. The summed E-state index contributed by atoms with van der Waals surface area (Å²) >= 11 is 0. The van der Waals surface area contributed by atoms with E-state index in [-0.39, 0.29) is 0 Å². The SMILES string of the molecule is COC1[C@@H]2CC[C@H]1CN(c1nccc(-c3ccc(N(C)C)cc3)n1)C2. The molecule has 2 heterocycles. The fourth-order valence-corrected chi connectivity index (χ4v) is 4.31. The van der Waals surface area contributed by atoms with Crippen LogP contribution in [-0.2, 0) is 4.74 Å². The average molecular weight is 338 g/mol. The highest BCUT2D eigenvalue weighted by molar-refractivity contribution is 5.63. The molecule has 5 heteroatoms. The molecule has 1 saturated heterocycles. The monoisotopic (exact) mass is 338 g/mol. The molecule has 132 valence electrons. The second kappa shape index (κ2) is 6.64. The summed E-state index contributed by atoms with van der Waals surface area (Å²) in [7, 11) is 5.95. The zero-order valence-electron chi connectivity index (χ0n) is 15.2. The van der Waals surface area contributed by atoms with Crippen molar-refractivity contribution in [3.8, 4) is 11.3 Å². The second-order valence-corrected chi connectivity index (χ2v) is 7.39. The van der Waals surface area contributed by atoms with Crippen molar-refractivity contribution in [1.82, 2.24) is 9.97 Å². The van der Waals surface area contributed by atoms with Crippen LogP contribution in [0.3, 0.4) is 0 Å². The fraction of sp³-hybridized carbons (Fsp3) is 0.500. The van der Waals surface area contributed by atoms with Gasteiger partial charge in [0.2, 0.25) is 5.95 Å². The minimum Gasteiger partial charge on any atom is -0.381 e. The van der Waals surface area contributed by atoms with Crippen molar-refractivity contribution in [1.29, 1.82) is 0 Å². The first-order valence-electron chi connectivity index (χ1n) is 9.04. The number of ether oxygens (including phenoxy) is 1. The van der Waals surface area contributed by atoms with Gasteiger partial charge in [-0.25, -0.2) is 9.97 Å². The Labute approximate surface area is 149 Å². The highest BCUT2D eigenvalue weighted by Gasteiger charge is 2.42. The van der Waals surface area contributed by atoms with Gasteiger partial charge in [0.1, 0.15) is 0 Å². The van der Waals surface area contributed by atoms with Gasteiger partial charge < -0.3 is 14.5 Å². The summed E-state index contributed by atoms with van der Waals surface area (Å²) in [6.07, 6.45) is 4.80. The zero-order valence-corrected chi connectivity index (χ0v) is 15.2. The Bertz CT molecular complexity index is 717. The normalized spacial score (nSPS) is 25.2. The third-order valence-corrected chi connectivity index (χ3v) is 5.62. The predicted molar refractivity (Wildman–Crippen MR) is 101 cm³/mol. The molecule has 1 aliphatic heterocycles. The Morgan fingerprint density at radius 2 is 1.72 bits per heavy atom. The molecule has 1 unspecified atom stereocenters. The van der Waals surface area contributed by atoms with Crippen LogP contribution in [0, 0.1) is 11.8 Å². The fourth-order valence-electron chi connectivity index (χ4n) is 4.31. The summed E-state index contributed by atoms with van der Waals surface area (Å²) in [5.41, 5.74) is 3.30. The molecular weight excluding hydrogens is 312 g/mol. The van der Waals surface area contributed by atoms with Gasteiger partial charge in [0.15, 0.2) is 0 Å². The van der Waals surface area contributed by atoms with Crippen molar-refractivity contribution >= 4 is 11.6 Å². The van der Waals surface area contributed by atoms with Gasteiger partial charge in [-0.15, -0.1) is 0 Å². The lowest BCUT2D eigenvalue weighted by molar-refractivity contribution is 0.0293. The van der Waals surface area contributed by atoms with Crippen LogP contribution in [0.15, 0.2) is 36.5 Å². The van der Waals surface area contributed by atoms with E-state index in [0.29, 0.717) is 17.9 Å². The molecule has 1 aromatic heterocycles. The number of fused-ring (bicyclic) bond motifs is 2. The molecule has 1 aliphatic carbocycles. The van der Waals surface area contributed by atoms with E-state index in [1.165, 1.54) is 18.5 Å². The Morgan fingerprint density at radius 3 is 2.32 bits per heavy atom. The van der Waals surface area contributed by atoms with Gasteiger partial charge in [0.05, 0.1) is 11.8 Å². The van der Waals surface area contributed by atoms with Crippen molar-refractivity contribution < 1.29 is 4.74 Å². The van der Waals surface area contributed by atoms with Gasteiger partial charge in [-0.1, -0.05) is 12.1 Å². The lowest BCUT2D eigenvalue weighted by atomic mass is 9.95. The highest BCUT2D eigenvalue weighted by Crippen LogP contribution is 2.39. The number of nitrogens with zero attached hydrogens (tertiary/aromatic N) is 4. The first-order chi connectivity index (χ1) is 12.2. The minimum absolute atomic E-state index is 0.415. The highest BCUT2D eigenvalue weighted by atomic mass is 16.5. The van der Waals surface area contributed by atoms with Gasteiger partial charge in [0, 0.05) is 63.6 Å². The molecule has 2 aliphatic rings. The molecule has 2 fully saturated rings. The second-order valence-electron chi connectivity index (χ2n) is 7.39. The molecule has 0 radical (unpaired) electrons. The molecule has 4 rings (SSSR count). The van der Waals surface area contributed by atoms with Crippen LogP contribution >= 0.6 is 0 Å². The molecular formula is C20H26N4O. The summed E-state index contributed by atoms with van der Waals surface area (Å²) in [4.78, 5) is 13.8. The topological polar surface area (TPSA) is 41.5 Å². The van der Waals surface area contributed by atoms with Crippen LogP contribution in [0.4, 0.5) is 11.6 Å².